The first-order valence-corrected chi connectivity index (χ1v) is 8.60. The minimum atomic E-state index is 0. The summed E-state index contributed by atoms with van der Waals surface area (Å²) in [6.45, 7) is 6.07. The van der Waals surface area contributed by atoms with E-state index in [1.807, 2.05) is 13.1 Å². The van der Waals surface area contributed by atoms with E-state index in [0.717, 1.165) is 56.5 Å². The van der Waals surface area contributed by atoms with Crippen LogP contribution in [0.3, 0.4) is 0 Å². The number of aliphatic imine (C=N–C) groups is 1. The fourth-order valence-corrected chi connectivity index (χ4v) is 2.94. The van der Waals surface area contributed by atoms with Crippen LogP contribution in [0.1, 0.15) is 25.3 Å². The molecule has 0 aliphatic carbocycles. The molecule has 1 aromatic carbocycles. The zero-order valence-corrected chi connectivity index (χ0v) is 18.0. The highest BCUT2D eigenvalue weighted by Crippen LogP contribution is 2.24. The summed E-state index contributed by atoms with van der Waals surface area (Å²) in [5.41, 5.74) is 1.21. The standard InChI is InChI=1S/C18H30N4O2.HI/c1-5-7-20-18(19-2)21-15-6-8-22(13-15)12-14-9-16(23-3)11-17(10-14)24-4;/h9-11,15H,5-8,12-13H2,1-4H3,(H2,19,20,21);1H. The molecule has 1 atom stereocenters. The van der Waals surface area contributed by atoms with Crippen LogP contribution in [-0.2, 0) is 6.54 Å². The van der Waals surface area contributed by atoms with Crippen molar-refractivity contribution in [3.63, 3.8) is 0 Å². The number of guanidine groups is 1. The molecule has 7 heteroatoms. The molecule has 2 N–H and O–H groups in total. The highest BCUT2D eigenvalue weighted by Gasteiger charge is 2.23. The van der Waals surface area contributed by atoms with Crippen molar-refractivity contribution in [1.82, 2.24) is 15.5 Å². The number of halogens is 1. The van der Waals surface area contributed by atoms with Crippen molar-refractivity contribution >= 4 is 29.9 Å². The number of hydrogen-bond donors (Lipinski definition) is 2. The topological polar surface area (TPSA) is 58.1 Å². The molecule has 0 radical (unpaired) electrons. The van der Waals surface area contributed by atoms with E-state index in [0.29, 0.717) is 6.04 Å². The normalized spacial score (nSPS) is 17.8. The fraction of sp³-hybridized carbons (Fsp3) is 0.611. The van der Waals surface area contributed by atoms with Gasteiger partial charge in [-0.2, -0.15) is 0 Å². The molecule has 1 unspecified atom stereocenters. The van der Waals surface area contributed by atoms with Crippen molar-refractivity contribution in [3.8, 4) is 11.5 Å². The van der Waals surface area contributed by atoms with E-state index in [1.165, 1.54) is 5.56 Å². The maximum atomic E-state index is 5.35. The predicted octanol–water partition coefficient (Wildman–Crippen LogP) is 2.47. The molecule has 0 aromatic heterocycles. The van der Waals surface area contributed by atoms with Crippen LogP contribution in [0.15, 0.2) is 23.2 Å². The van der Waals surface area contributed by atoms with Gasteiger partial charge in [0.15, 0.2) is 5.96 Å². The molecule has 0 spiro atoms. The SMILES string of the molecule is CCCNC(=NC)NC1CCN(Cc2cc(OC)cc(OC)c2)C1.I. The number of rotatable bonds is 7. The Kier molecular flexibility index (Phi) is 9.96. The molecule has 1 aliphatic rings. The van der Waals surface area contributed by atoms with Crippen LogP contribution in [0, 0.1) is 0 Å². The van der Waals surface area contributed by atoms with Crippen molar-refractivity contribution in [2.24, 2.45) is 4.99 Å². The highest BCUT2D eigenvalue weighted by molar-refractivity contribution is 14.0. The van der Waals surface area contributed by atoms with Crippen LogP contribution >= 0.6 is 24.0 Å². The number of hydrogen-bond acceptors (Lipinski definition) is 4. The number of likely N-dealkylation sites (tertiary alicyclic amines) is 1. The molecule has 142 valence electrons. The molecule has 0 bridgehead atoms. The Bertz CT molecular complexity index is 532. The first-order valence-electron chi connectivity index (χ1n) is 8.60. The second kappa shape index (κ2) is 11.4. The van der Waals surface area contributed by atoms with E-state index >= 15 is 0 Å². The Balaban J connectivity index is 0.00000312. The molecule has 0 amide bonds. The van der Waals surface area contributed by atoms with Gasteiger partial charge in [0.25, 0.3) is 0 Å². The summed E-state index contributed by atoms with van der Waals surface area (Å²) in [7, 11) is 5.19. The number of nitrogens with zero attached hydrogens (tertiary/aromatic N) is 2. The first kappa shape index (κ1) is 21.8. The molecule has 1 saturated heterocycles. The molecular formula is C18H31IN4O2. The second-order valence-corrected chi connectivity index (χ2v) is 6.08. The van der Waals surface area contributed by atoms with Crippen molar-refractivity contribution in [3.05, 3.63) is 23.8 Å². The number of methoxy groups -OCH3 is 2. The van der Waals surface area contributed by atoms with Crippen LogP contribution in [0.2, 0.25) is 0 Å². The van der Waals surface area contributed by atoms with E-state index in [1.54, 1.807) is 14.2 Å². The lowest BCUT2D eigenvalue weighted by molar-refractivity contribution is 0.321. The Labute approximate surface area is 168 Å². The fourth-order valence-electron chi connectivity index (χ4n) is 2.94. The first-order chi connectivity index (χ1) is 11.7. The molecular weight excluding hydrogens is 431 g/mol. The average molecular weight is 462 g/mol. The van der Waals surface area contributed by atoms with E-state index in [-0.39, 0.29) is 24.0 Å². The van der Waals surface area contributed by atoms with Gasteiger partial charge in [-0.3, -0.25) is 9.89 Å². The van der Waals surface area contributed by atoms with Crippen LogP contribution in [0.25, 0.3) is 0 Å². The van der Waals surface area contributed by atoms with E-state index in [2.05, 4.69) is 39.6 Å². The number of benzene rings is 1. The van der Waals surface area contributed by atoms with Gasteiger partial charge >= 0.3 is 0 Å². The Morgan fingerprint density at radius 3 is 2.48 bits per heavy atom. The van der Waals surface area contributed by atoms with Gasteiger partial charge in [-0.1, -0.05) is 6.92 Å². The number of nitrogens with one attached hydrogen (secondary N) is 2. The second-order valence-electron chi connectivity index (χ2n) is 6.08. The summed E-state index contributed by atoms with van der Waals surface area (Å²) < 4.78 is 10.7. The van der Waals surface area contributed by atoms with Crippen molar-refractivity contribution in [2.75, 3.05) is 40.9 Å². The minimum Gasteiger partial charge on any atom is -0.497 e. The molecule has 0 saturated carbocycles. The summed E-state index contributed by atoms with van der Waals surface area (Å²) in [4.78, 5) is 6.73. The van der Waals surface area contributed by atoms with Crippen molar-refractivity contribution < 1.29 is 9.47 Å². The van der Waals surface area contributed by atoms with Gasteiger partial charge in [0.1, 0.15) is 11.5 Å². The zero-order chi connectivity index (χ0) is 17.4. The van der Waals surface area contributed by atoms with E-state index in [4.69, 9.17) is 9.47 Å². The molecule has 2 rings (SSSR count). The predicted molar refractivity (Wildman–Crippen MR) is 113 cm³/mol. The summed E-state index contributed by atoms with van der Waals surface area (Å²) in [6.07, 6.45) is 2.21. The lowest BCUT2D eigenvalue weighted by atomic mass is 10.2. The quantitative estimate of drug-likeness (QED) is 0.371. The average Bonchev–Trinajstić information content (AvgIpc) is 3.04. The third-order valence-corrected chi connectivity index (χ3v) is 4.20. The van der Waals surface area contributed by atoms with Crippen LogP contribution < -0.4 is 20.1 Å². The summed E-state index contributed by atoms with van der Waals surface area (Å²) in [6, 6.07) is 6.48. The van der Waals surface area contributed by atoms with Gasteiger partial charge in [-0.05, 0) is 30.5 Å². The molecule has 6 nitrogen and oxygen atoms in total. The molecule has 1 heterocycles. The molecule has 1 aliphatic heterocycles. The van der Waals surface area contributed by atoms with Crippen molar-refractivity contribution in [2.45, 2.75) is 32.4 Å². The largest absolute Gasteiger partial charge is 0.497 e. The lowest BCUT2D eigenvalue weighted by Gasteiger charge is -2.19. The van der Waals surface area contributed by atoms with Gasteiger partial charge in [0, 0.05) is 45.3 Å². The highest BCUT2D eigenvalue weighted by atomic mass is 127. The van der Waals surface area contributed by atoms with Gasteiger partial charge in [0.05, 0.1) is 14.2 Å². The van der Waals surface area contributed by atoms with Crippen molar-refractivity contribution in [1.29, 1.82) is 0 Å². The van der Waals surface area contributed by atoms with Gasteiger partial charge in [-0.15, -0.1) is 24.0 Å². The maximum absolute atomic E-state index is 5.35. The van der Waals surface area contributed by atoms with Crippen LogP contribution in [0.4, 0.5) is 0 Å². The minimum absolute atomic E-state index is 0. The number of ether oxygens (including phenoxy) is 2. The van der Waals surface area contributed by atoms with E-state index < -0.39 is 0 Å². The summed E-state index contributed by atoms with van der Waals surface area (Å²) in [5.74, 6) is 2.57. The smallest absolute Gasteiger partial charge is 0.191 e. The Morgan fingerprint density at radius 1 is 1.24 bits per heavy atom. The van der Waals surface area contributed by atoms with Gasteiger partial charge in [0.2, 0.25) is 0 Å². The summed E-state index contributed by atoms with van der Waals surface area (Å²) in [5, 5.41) is 6.84. The molecule has 25 heavy (non-hydrogen) atoms. The Hall–Kier alpha value is -1.22. The lowest BCUT2D eigenvalue weighted by Crippen LogP contribution is -2.44. The zero-order valence-electron chi connectivity index (χ0n) is 15.7. The van der Waals surface area contributed by atoms with Gasteiger partial charge < -0.3 is 20.1 Å². The van der Waals surface area contributed by atoms with Crippen LogP contribution in [-0.4, -0.2) is 57.8 Å². The maximum Gasteiger partial charge on any atom is 0.191 e. The third-order valence-electron chi connectivity index (χ3n) is 4.20. The monoisotopic (exact) mass is 462 g/mol. The summed E-state index contributed by atoms with van der Waals surface area (Å²) >= 11 is 0. The Morgan fingerprint density at radius 2 is 1.92 bits per heavy atom. The molecule has 1 aromatic rings. The van der Waals surface area contributed by atoms with E-state index in [9.17, 15) is 0 Å². The third kappa shape index (κ3) is 6.89. The molecule has 1 fully saturated rings. The van der Waals surface area contributed by atoms with Crippen LogP contribution in [0.5, 0.6) is 11.5 Å². The van der Waals surface area contributed by atoms with Gasteiger partial charge in [-0.25, -0.2) is 0 Å².